The number of aliphatic carboxylic acids is 1. The van der Waals surface area contributed by atoms with Gasteiger partial charge in [-0.05, 0) is 38.5 Å². The van der Waals surface area contributed by atoms with Gasteiger partial charge in [-0.2, -0.15) is 0 Å². The molecule has 0 unspecified atom stereocenters. The van der Waals surface area contributed by atoms with Crippen molar-refractivity contribution in [3.63, 3.8) is 0 Å². The lowest BCUT2D eigenvalue weighted by Gasteiger charge is -1.97. The van der Waals surface area contributed by atoms with Crippen molar-refractivity contribution in [2.75, 3.05) is 0 Å². The Morgan fingerprint density at radius 2 is 1.17 bits per heavy atom. The average Bonchev–Trinajstić information content (AvgIpc) is 2.56. The molecule has 0 radical (unpaired) electrons. The van der Waals surface area contributed by atoms with Crippen LogP contribution < -0.4 is 0 Å². The van der Waals surface area contributed by atoms with Crippen LogP contribution in [0.1, 0.15) is 71.1 Å². The minimum atomic E-state index is -0.752. The Balaban J connectivity index is 3.42. The van der Waals surface area contributed by atoms with Gasteiger partial charge in [0.25, 0.3) is 0 Å². The SMILES string of the molecule is CC/C=C/CCCCCCC/C=C/C=C/C=C/C=C/CCC(=O)O. The van der Waals surface area contributed by atoms with E-state index in [4.69, 9.17) is 5.11 Å². The van der Waals surface area contributed by atoms with Gasteiger partial charge in [0, 0.05) is 6.42 Å². The Kier molecular flexibility index (Phi) is 17.8. The van der Waals surface area contributed by atoms with Crippen LogP contribution in [-0.4, -0.2) is 11.1 Å². The van der Waals surface area contributed by atoms with E-state index in [1.165, 1.54) is 38.5 Å². The molecule has 2 nitrogen and oxygen atoms in total. The molecule has 24 heavy (non-hydrogen) atoms. The van der Waals surface area contributed by atoms with Crippen LogP contribution in [-0.2, 0) is 4.79 Å². The molecular formula is C22H34O2. The van der Waals surface area contributed by atoms with Crippen molar-refractivity contribution in [2.24, 2.45) is 0 Å². The van der Waals surface area contributed by atoms with E-state index in [9.17, 15) is 4.79 Å². The maximum atomic E-state index is 10.3. The van der Waals surface area contributed by atoms with Gasteiger partial charge >= 0.3 is 5.97 Å². The topological polar surface area (TPSA) is 37.3 Å². The normalized spacial score (nSPS) is 12.7. The van der Waals surface area contributed by atoms with Gasteiger partial charge in [-0.15, -0.1) is 0 Å². The molecule has 0 bridgehead atoms. The maximum Gasteiger partial charge on any atom is 0.303 e. The van der Waals surface area contributed by atoms with Crippen molar-refractivity contribution < 1.29 is 9.90 Å². The van der Waals surface area contributed by atoms with Crippen molar-refractivity contribution >= 4 is 5.97 Å². The summed E-state index contributed by atoms with van der Waals surface area (Å²) in [6, 6.07) is 0. The third kappa shape index (κ3) is 20.2. The van der Waals surface area contributed by atoms with E-state index in [2.05, 4.69) is 31.2 Å². The maximum absolute atomic E-state index is 10.3. The Morgan fingerprint density at radius 1 is 0.667 bits per heavy atom. The van der Waals surface area contributed by atoms with Crippen molar-refractivity contribution in [3.8, 4) is 0 Å². The molecule has 2 heteroatoms. The minimum Gasteiger partial charge on any atom is -0.481 e. The number of carboxylic acids is 1. The van der Waals surface area contributed by atoms with Crippen LogP contribution in [0.5, 0.6) is 0 Å². The molecular weight excluding hydrogens is 296 g/mol. The highest BCUT2D eigenvalue weighted by Gasteiger charge is 1.90. The second kappa shape index (κ2) is 19.2. The number of unbranched alkanes of at least 4 members (excludes halogenated alkanes) is 6. The molecule has 0 aliphatic rings. The summed E-state index contributed by atoms with van der Waals surface area (Å²) in [6.45, 7) is 2.18. The largest absolute Gasteiger partial charge is 0.481 e. The molecule has 0 aromatic heterocycles. The number of carboxylic acid groups (broad SMARTS) is 1. The van der Waals surface area contributed by atoms with Crippen LogP contribution in [0.15, 0.2) is 60.8 Å². The van der Waals surface area contributed by atoms with Crippen LogP contribution in [0, 0.1) is 0 Å². The summed E-state index contributed by atoms with van der Waals surface area (Å²) < 4.78 is 0. The predicted octanol–water partition coefficient (Wildman–Crippen LogP) is 6.77. The molecule has 0 aliphatic heterocycles. The first-order chi connectivity index (χ1) is 11.8. The first-order valence-electron chi connectivity index (χ1n) is 9.29. The highest BCUT2D eigenvalue weighted by atomic mass is 16.4. The van der Waals surface area contributed by atoms with E-state index < -0.39 is 5.97 Å². The summed E-state index contributed by atoms with van der Waals surface area (Å²) in [5.74, 6) is -0.752. The van der Waals surface area contributed by atoms with Crippen LogP contribution in [0.3, 0.4) is 0 Å². The third-order valence-corrected chi connectivity index (χ3v) is 3.50. The Morgan fingerprint density at radius 3 is 1.75 bits per heavy atom. The van der Waals surface area contributed by atoms with Crippen molar-refractivity contribution in [1.29, 1.82) is 0 Å². The summed E-state index contributed by atoms with van der Waals surface area (Å²) in [5, 5.41) is 8.48. The molecule has 0 spiro atoms. The van der Waals surface area contributed by atoms with E-state index in [0.717, 1.165) is 12.8 Å². The van der Waals surface area contributed by atoms with E-state index in [1.54, 1.807) is 0 Å². The highest BCUT2D eigenvalue weighted by Crippen LogP contribution is 2.08. The smallest absolute Gasteiger partial charge is 0.303 e. The number of allylic oxidation sites excluding steroid dienone is 10. The Bertz CT molecular complexity index is 425. The lowest BCUT2D eigenvalue weighted by molar-refractivity contribution is -0.136. The molecule has 0 aromatic rings. The second-order valence-electron chi connectivity index (χ2n) is 5.78. The molecule has 0 heterocycles. The number of hydrogen-bond donors (Lipinski definition) is 1. The number of carbonyl (C=O) groups is 1. The third-order valence-electron chi connectivity index (χ3n) is 3.50. The standard InChI is InChI=1S/C22H34O2/c1-2-3-4-5-6-7-8-9-10-11-12-13-14-15-16-17-18-19-20-21-22(23)24/h3-4,12-19H,2,5-11,20-21H2,1H3,(H,23,24)/b4-3+,13-12+,15-14+,17-16+,19-18+. The fourth-order valence-corrected chi connectivity index (χ4v) is 2.15. The zero-order valence-electron chi connectivity index (χ0n) is 15.2. The quantitative estimate of drug-likeness (QED) is 0.204. The molecule has 0 fully saturated rings. The lowest BCUT2D eigenvalue weighted by atomic mass is 10.1. The van der Waals surface area contributed by atoms with Gasteiger partial charge in [-0.1, -0.05) is 86.9 Å². The molecule has 0 rings (SSSR count). The highest BCUT2D eigenvalue weighted by molar-refractivity contribution is 5.66. The van der Waals surface area contributed by atoms with E-state index >= 15 is 0 Å². The van der Waals surface area contributed by atoms with Crippen LogP contribution in [0.25, 0.3) is 0 Å². The average molecular weight is 331 g/mol. The molecule has 0 atom stereocenters. The first-order valence-corrected chi connectivity index (χ1v) is 9.29. The molecule has 0 amide bonds. The first kappa shape index (κ1) is 22.2. The second-order valence-corrected chi connectivity index (χ2v) is 5.78. The lowest BCUT2D eigenvalue weighted by Crippen LogP contribution is -1.91. The fourth-order valence-electron chi connectivity index (χ4n) is 2.15. The van der Waals surface area contributed by atoms with Gasteiger partial charge in [0.05, 0.1) is 0 Å². The monoisotopic (exact) mass is 330 g/mol. The van der Waals surface area contributed by atoms with Crippen molar-refractivity contribution in [2.45, 2.75) is 71.1 Å². The summed E-state index contributed by atoms with van der Waals surface area (Å²) in [4.78, 5) is 10.3. The molecule has 0 aliphatic carbocycles. The Labute approximate surface area is 148 Å². The Hall–Kier alpha value is -1.83. The van der Waals surface area contributed by atoms with Gasteiger partial charge in [0.1, 0.15) is 0 Å². The van der Waals surface area contributed by atoms with E-state index in [-0.39, 0.29) is 6.42 Å². The van der Waals surface area contributed by atoms with Gasteiger partial charge in [-0.25, -0.2) is 0 Å². The van der Waals surface area contributed by atoms with Gasteiger partial charge in [0.15, 0.2) is 0 Å². The van der Waals surface area contributed by atoms with Crippen LogP contribution >= 0.6 is 0 Å². The van der Waals surface area contributed by atoms with Crippen LogP contribution in [0.4, 0.5) is 0 Å². The summed E-state index contributed by atoms with van der Waals surface area (Å²) in [5.41, 5.74) is 0. The molecule has 0 aromatic carbocycles. The van der Waals surface area contributed by atoms with E-state index in [0.29, 0.717) is 6.42 Å². The fraction of sp³-hybridized carbons (Fsp3) is 0.500. The van der Waals surface area contributed by atoms with Crippen molar-refractivity contribution in [1.82, 2.24) is 0 Å². The predicted molar refractivity (Wildman–Crippen MR) is 105 cm³/mol. The van der Waals surface area contributed by atoms with E-state index in [1.807, 2.05) is 36.5 Å². The number of rotatable bonds is 15. The summed E-state index contributed by atoms with van der Waals surface area (Å²) >= 11 is 0. The molecule has 134 valence electrons. The van der Waals surface area contributed by atoms with Gasteiger partial charge in [0.2, 0.25) is 0 Å². The molecule has 0 saturated heterocycles. The zero-order chi connectivity index (χ0) is 17.7. The molecule has 1 N–H and O–H groups in total. The minimum absolute atomic E-state index is 0.193. The van der Waals surface area contributed by atoms with Crippen LogP contribution in [0.2, 0.25) is 0 Å². The number of hydrogen-bond acceptors (Lipinski definition) is 1. The summed E-state index contributed by atoms with van der Waals surface area (Å²) in [6.07, 6.45) is 31.4. The summed E-state index contributed by atoms with van der Waals surface area (Å²) in [7, 11) is 0. The molecule has 0 saturated carbocycles. The van der Waals surface area contributed by atoms with Gasteiger partial charge < -0.3 is 5.11 Å². The van der Waals surface area contributed by atoms with Crippen molar-refractivity contribution in [3.05, 3.63) is 60.8 Å². The van der Waals surface area contributed by atoms with Gasteiger partial charge in [-0.3, -0.25) is 4.79 Å². The zero-order valence-corrected chi connectivity index (χ0v) is 15.2.